The molecule has 4 heterocycles. The van der Waals surface area contributed by atoms with Gasteiger partial charge in [0, 0.05) is 44.5 Å². The summed E-state index contributed by atoms with van der Waals surface area (Å²) in [5, 5.41) is 4.47. The molecular formula is C19H27N5O. The van der Waals surface area contributed by atoms with Gasteiger partial charge in [0.2, 0.25) is 5.91 Å². The molecule has 6 nitrogen and oxygen atoms in total. The van der Waals surface area contributed by atoms with Crippen LogP contribution >= 0.6 is 0 Å². The van der Waals surface area contributed by atoms with Crippen LogP contribution in [0.3, 0.4) is 0 Å². The molecule has 4 rings (SSSR count). The second-order valence-corrected chi connectivity index (χ2v) is 7.64. The number of carbonyl (C=O) groups is 1. The van der Waals surface area contributed by atoms with Gasteiger partial charge in [-0.1, -0.05) is 6.92 Å². The highest BCUT2D eigenvalue weighted by atomic mass is 16.2. The van der Waals surface area contributed by atoms with Crippen molar-refractivity contribution in [3.8, 4) is 0 Å². The van der Waals surface area contributed by atoms with E-state index in [1.807, 2.05) is 17.6 Å². The van der Waals surface area contributed by atoms with Crippen LogP contribution in [0.1, 0.15) is 38.3 Å². The molecule has 25 heavy (non-hydrogen) atoms. The molecule has 0 spiro atoms. The first-order valence-corrected chi connectivity index (χ1v) is 9.46. The van der Waals surface area contributed by atoms with E-state index in [4.69, 9.17) is 0 Å². The molecule has 2 aliphatic heterocycles. The number of carbonyl (C=O) groups excluding carboxylic acids is 1. The lowest BCUT2D eigenvalue weighted by molar-refractivity contribution is -0.137. The van der Waals surface area contributed by atoms with Gasteiger partial charge in [-0.25, -0.2) is 9.50 Å². The lowest BCUT2D eigenvalue weighted by Crippen LogP contribution is -2.45. The molecule has 0 saturated carbocycles. The quantitative estimate of drug-likeness (QED) is 0.842. The second kappa shape index (κ2) is 6.65. The summed E-state index contributed by atoms with van der Waals surface area (Å²) in [5.41, 5.74) is 2.05. The number of rotatable bonds is 2. The number of fused-ring (bicyclic) bond motifs is 1. The topological polar surface area (TPSA) is 53.7 Å². The molecule has 2 aromatic heterocycles. The molecule has 2 fully saturated rings. The van der Waals surface area contributed by atoms with Crippen molar-refractivity contribution in [1.29, 1.82) is 0 Å². The predicted octanol–water partition coefficient (Wildman–Crippen LogP) is 2.51. The standard InChI is InChI=1S/C19H27N5O/c1-14-3-8-23(9-4-14)19(25)16-5-10-22(11-6-16)18-17-13-15(2)21-24(17)12-7-20-18/h7,12-14,16H,3-6,8-11H2,1-2H3. The van der Waals surface area contributed by atoms with E-state index in [9.17, 15) is 4.79 Å². The van der Waals surface area contributed by atoms with Crippen LogP contribution in [0.15, 0.2) is 18.5 Å². The summed E-state index contributed by atoms with van der Waals surface area (Å²) in [5.74, 6) is 2.30. The van der Waals surface area contributed by atoms with Crippen LogP contribution in [0, 0.1) is 18.8 Å². The molecule has 6 heteroatoms. The van der Waals surface area contributed by atoms with Gasteiger partial charge in [-0.15, -0.1) is 0 Å². The highest BCUT2D eigenvalue weighted by Crippen LogP contribution is 2.27. The maximum Gasteiger partial charge on any atom is 0.225 e. The maximum absolute atomic E-state index is 12.8. The van der Waals surface area contributed by atoms with E-state index in [1.54, 1.807) is 6.20 Å². The van der Waals surface area contributed by atoms with Gasteiger partial charge in [-0.3, -0.25) is 4.79 Å². The van der Waals surface area contributed by atoms with E-state index in [1.165, 1.54) is 0 Å². The van der Waals surface area contributed by atoms with Crippen molar-refractivity contribution in [2.45, 2.75) is 39.5 Å². The Kier molecular flexibility index (Phi) is 4.36. The molecule has 134 valence electrons. The molecule has 0 unspecified atom stereocenters. The number of nitrogens with zero attached hydrogens (tertiary/aromatic N) is 5. The molecule has 0 aliphatic carbocycles. The normalized spacial score (nSPS) is 20.4. The van der Waals surface area contributed by atoms with Gasteiger partial charge in [0.1, 0.15) is 5.52 Å². The van der Waals surface area contributed by atoms with Crippen LogP contribution in [-0.2, 0) is 4.79 Å². The third-order valence-electron chi connectivity index (χ3n) is 5.73. The van der Waals surface area contributed by atoms with Gasteiger partial charge in [0.05, 0.1) is 5.69 Å². The summed E-state index contributed by atoms with van der Waals surface area (Å²) >= 11 is 0. The third-order valence-corrected chi connectivity index (χ3v) is 5.73. The molecule has 2 aromatic rings. The van der Waals surface area contributed by atoms with Gasteiger partial charge in [-0.2, -0.15) is 5.10 Å². The van der Waals surface area contributed by atoms with Crippen molar-refractivity contribution in [2.24, 2.45) is 11.8 Å². The number of anilines is 1. The van der Waals surface area contributed by atoms with Gasteiger partial charge in [0.25, 0.3) is 0 Å². The Morgan fingerprint density at radius 1 is 1.12 bits per heavy atom. The average molecular weight is 341 g/mol. The number of aryl methyl sites for hydroxylation is 1. The Morgan fingerprint density at radius 2 is 1.84 bits per heavy atom. The Balaban J connectivity index is 1.42. The fraction of sp³-hybridized carbons (Fsp3) is 0.632. The monoisotopic (exact) mass is 341 g/mol. The van der Waals surface area contributed by atoms with E-state index >= 15 is 0 Å². The smallest absolute Gasteiger partial charge is 0.225 e. The van der Waals surface area contributed by atoms with Crippen LogP contribution in [-0.4, -0.2) is 51.6 Å². The zero-order valence-corrected chi connectivity index (χ0v) is 15.2. The molecule has 0 bridgehead atoms. The number of aromatic nitrogens is 3. The molecule has 2 saturated heterocycles. The summed E-state index contributed by atoms with van der Waals surface area (Å²) in [6, 6.07) is 2.08. The summed E-state index contributed by atoms with van der Waals surface area (Å²) < 4.78 is 1.89. The molecular weight excluding hydrogens is 314 g/mol. The van der Waals surface area contributed by atoms with Crippen LogP contribution in [0.25, 0.3) is 5.52 Å². The summed E-state index contributed by atoms with van der Waals surface area (Å²) in [7, 11) is 0. The van der Waals surface area contributed by atoms with Crippen LogP contribution in [0.4, 0.5) is 5.82 Å². The van der Waals surface area contributed by atoms with Crippen LogP contribution in [0.5, 0.6) is 0 Å². The highest BCUT2D eigenvalue weighted by Gasteiger charge is 2.31. The summed E-state index contributed by atoms with van der Waals surface area (Å²) in [6.07, 6.45) is 7.83. The Morgan fingerprint density at radius 3 is 2.56 bits per heavy atom. The maximum atomic E-state index is 12.8. The molecule has 0 aromatic carbocycles. The fourth-order valence-corrected chi connectivity index (χ4v) is 4.10. The third kappa shape index (κ3) is 3.22. The number of hydrogen-bond acceptors (Lipinski definition) is 4. The highest BCUT2D eigenvalue weighted by molar-refractivity contribution is 5.79. The van der Waals surface area contributed by atoms with E-state index < -0.39 is 0 Å². The zero-order chi connectivity index (χ0) is 17.4. The SMILES string of the molecule is Cc1cc2c(N3CCC(C(=O)N4CCC(C)CC4)CC3)nccn2n1. The Bertz CT molecular complexity index is 754. The average Bonchev–Trinajstić information content (AvgIpc) is 3.02. The van der Waals surface area contributed by atoms with Crippen molar-refractivity contribution in [2.75, 3.05) is 31.1 Å². The molecule has 0 radical (unpaired) electrons. The predicted molar refractivity (Wildman–Crippen MR) is 97.6 cm³/mol. The van der Waals surface area contributed by atoms with Crippen LogP contribution < -0.4 is 4.90 Å². The lowest BCUT2D eigenvalue weighted by atomic mass is 9.92. The largest absolute Gasteiger partial charge is 0.355 e. The minimum Gasteiger partial charge on any atom is -0.355 e. The van der Waals surface area contributed by atoms with Crippen LogP contribution in [0.2, 0.25) is 0 Å². The first-order chi connectivity index (χ1) is 12.1. The number of likely N-dealkylation sites (tertiary alicyclic amines) is 1. The zero-order valence-electron chi connectivity index (χ0n) is 15.2. The minimum absolute atomic E-state index is 0.177. The van der Waals surface area contributed by atoms with Crippen molar-refractivity contribution >= 4 is 17.2 Å². The van der Waals surface area contributed by atoms with Gasteiger partial charge in [-0.05, 0) is 44.6 Å². The molecule has 2 aliphatic rings. The summed E-state index contributed by atoms with van der Waals surface area (Å²) in [4.78, 5) is 21.8. The number of piperidine rings is 2. The Labute approximate surface area is 148 Å². The number of hydrogen-bond donors (Lipinski definition) is 0. The van der Waals surface area contributed by atoms with Crippen molar-refractivity contribution in [3.63, 3.8) is 0 Å². The van der Waals surface area contributed by atoms with Crippen molar-refractivity contribution < 1.29 is 4.79 Å². The first kappa shape index (κ1) is 16.4. The van der Waals surface area contributed by atoms with Gasteiger partial charge in [0.15, 0.2) is 5.82 Å². The molecule has 0 atom stereocenters. The van der Waals surface area contributed by atoms with Gasteiger partial charge < -0.3 is 9.80 Å². The first-order valence-electron chi connectivity index (χ1n) is 9.46. The molecule has 0 N–H and O–H groups in total. The number of amides is 1. The molecule has 1 amide bonds. The van der Waals surface area contributed by atoms with Crippen molar-refractivity contribution in [3.05, 3.63) is 24.2 Å². The minimum atomic E-state index is 0.177. The lowest BCUT2D eigenvalue weighted by Gasteiger charge is -2.37. The van der Waals surface area contributed by atoms with E-state index in [2.05, 4.69) is 32.9 Å². The van der Waals surface area contributed by atoms with E-state index in [-0.39, 0.29) is 5.92 Å². The van der Waals surface area contributed by atoms with Crippen molar-refractivity contribution in [1.82, 2.24) is 19.5 Å². The van der Waals surface area contributed by atoms with E-state index in [0.717, 1.165) is 74.8 Å². The van der Waals surface area contributed by atoms with Gasteiger partial charge >= 0.3 is 0 Å². The summed E-state index contributed by atoms with van der Waals surface area (Å²) in [6.45, 7) is 7.94. The second-order valence-electron chi connectivity index (χ2n) is 7.64. The van der Waals surface area contributed by atoms with E-state index in [0.29, 0.717) is 5.91 Å². The Hall–Kier alpha value is -2.11. The fourth-order valence-electron chi connectivity index (χ4n) is 4.10.